The molecule has 1 rings (SSSR count). The molecular formula is C8H9Cl2NO. The molecule has 0 aliphatic heterocycles. The van der Waals surface area contributed by atoms with Crippen LogP contribution in [0.1, 0.15) is 11.3 Å². The Morgan fingerprint density at radius 3 is 2.75 bits per heavy atom. The number of hydrogen-bond acceptors (Lipinski definition) is 2. The van der Waals surface area contributed by atoms with E-state index in [-0.39, 0.29) is 0 Å². The summed E-state index contributed by atoms with van der Waals surface area (Å²) in [5.41, 5.74) is 1.71. The Hall–Kier alpha value is -0.470. The minimum absolute atomic E-state index is 0.374. The number of rotatable bonds is 2. The molecule has 0 unspecified atom stereocenters. The quantitative estimate of drug-likeness (QED) is 0.694. The molecule has 0 amide bonds. The summed E-state index contributed by atoms with van der Waals surface area (Å²) in [4.78, 5) is 4.06. The molecule has 0 aliphatic carbocycles. The van der Waals surface area contributed by atoms with Gasteiger partial charge >= 0.3 is 0 Å². The first-order valence-corrected chi connectivity index (χ1v) is 4.36. The van der Waals surface area contributed by atoms with Crippen LogP contribution < -0.4 is 4.74 Å². The van der Waals surface area contributed by atoms with E-state index in [2.05, 4.69) is 4.98 Å². The van der Waals surface area contributed by atoms with Gasteiger partial charge in [0.2, 0.25) is 0 Å². The average Bonchev–Trinajstić information content (AvgIpc) is 2.06. The van der Waals surface area contributed by atoms with Gasteiger partial charge in [0.15, 0.2) is 0 Å². The van der Waals surface area contributed by atoms with Crippen molar-refractivity contribution in [3.05, 3.63) is 22.5 Å². The Balaban J connectivity index is 3.24. The highest BCUT2D eigenvalue weighted by atomic mass is 35.5. The summed E-state index contributed by atoms with van der Waals surface area (Å²) >= 11 is 11.5. The van der Waals surface area contributed by atoms with Crippen molar-refractivity contribution in [2.45, 2.75) is 12.8 Å². The first-order chi connectivity index (χ1) is 5.70. The van der Waals surface area contributed by atoms with Gasteiger partial charge in [0.05, 0.1) is 18.7 Å². The largest absolute Gasteiger partial charge is 0.495 e. The van der Waals surface area contributed by atoms with E-state index in [0.717, 1.165) is 11.3 Å². The molecule has 0 spiro atoms. The predicted octanol–water partition coefficient (Wildman–Crippen LogP) is 2.79. The van der Waals surface area contributed by atoms with Crippen molar-refractivity contribution in [1.29, 1.82) is 0 Å². The summed E-state index contributed by atoms with van der Waals surface area (Å²) in [5.74, 6) is 1.03. The maximum Gasteiger partial charge on any atom is 0.143 e. The van der Waals surface area contributed by atoms with Gasteiger partial charge in [0, 0.05) is 11.8 Å². The van der Waals surface area contributed by atoms with Crippen molar-refractivity contribution >= 4 is 23.2 Å². The summed E-state index contributed by atoms with van der Waals surface area (Å²) in [6.07, 6.45) is 1.55. The van der Waals surface area contributed by atoms with E-state index in [0.29, 0.717) is 16.7 Å². The zero-order valence-corrected chi connectivity index (χ0v) is 8.41. The van der Waals surface area contributed by atoms with E-state index in [1.165, 1.54) is 0 Å². The third-order valence-electron chi connectivity index (χ3n) is 1.65. The van der Waals surface area contributed by atoms with Gasteiger partial charge in [-0.2, -0.15) is 0 Å². The molecule has 0 N–H and O–H groups in total. The van der Waals surface area contributed by atoms with Gasteiger partial charge in [0.25, 0.3) is 0 Å². The van der Waals surface area contributed by atoms with Crippen molar-refractivity contribution in [3.8, 4) is 5.75 Å². The van der Waals surface area contributed by atoms with Gasteiger partial charge in [0.1, 0.15) is 10.8 Å². The molecular weight excluding hydrogens is 197 g/mol. The Bertz CT molecular complexity index is 289. The van der Waals surface area contributed by atoms with Gasteiger partial charge in [-0.1, -0.05) is 11.6 Å². The second kappa shape index (κ2) is 3.97. The number of nitrogens with zero attached hydrogens (tertiary/aromatic N) is 1. The van der Waals surface area contributed by atoms with Crippen molar-refractivity contribution in [2.24, 2.45) is 0 Å². The van der Waals surface area contributed by atoms with Gasteiger partial charge < -0.3 is 4.74 Å². The summed E-state index contributed by atoms with van der Waals surface area (Å²) in [6, 6.07) is 0. The molecule has 0 saturated heterocycles. The van der Waals surface area contributed by atoms with Crippen molar-refractivity contribution in [1.82, 2.24) is 4.98 Å². The number of alkyl halides is 1. The summed E-state index contributed by atoms with van der Waals surface area (Å²) in [7, 11) is 1.58. The van der Waals surface area contributed by atoms with Gasteiger partial charge in [-0.05, 0) is 6.92 Å². The summed E-state index contributed by atoms with van der Waals surface area (Å²) in [6.45, 7) is 1.88. The first-order valence-electron chi connectivity index (χ1n) is 3.44. The second-order valence-corrected chi connectivity index (χ2v) is 3.02. The minimum Gasteiger partial charge on any atom is -0.495 e. The number of hydrogen-bond donors (Lipinski definition) is 0. The number of pyridine rings is 1. The standard InChI is InChI=1S/C8H9Cl2NO/c1-5-7(3-9)11-4-6(10)8(5)12-2/h4H,3H2,1-2H3. The Kier molecular flexibility index (Phi) is 3.18. The number of ether oxygens (including phenoxy) is 1. The molecule has 1 aromatic rings. The first kappa shape index (κ1) is 9.62. The number of methoxy groups -OCH3 is 1. The van der Waals surface area contributed by atoms with E-state index in [4.69, 9.17) is 27.9 Å². The maximum absolute atomic E-state index is 5.83. The van der Waals surface area contributed by atoms with E-state index in [1.54, 1.807) is 13.3 Å². The lowest BCUT2D eigenvalue weighted by Crippen LogP contribution is -1.95. The number of aromatic nitrogens is 1. The third-order valence-corrected chi connectivity index (χ3v) is 2.18. The Labute approximate surface area is 81.5 Å². The molecule has 0 atom stereocenters. The van der Waals surface area contributed by atoms with Crippen LogP contribution in [0.3, 0.4) is 0 Å². The lowest BCUT2D eigenvalue weighted by molar-refractivity contribution is 0.410. The van der Waals surface area contributed by atoms with Gasteiger partial charge in [-0.3, -0.25) is 4.98 Å². The monoisotopic (exact) mass is 205 g/mol. The van der Waals surface area contributed by atoms with Gasteiger partial charge in [-0.25, -0.2) is 0 Å². The van der Waals surface area contributed by atoms with Crippen LogP contribution >= 0.6 is 23.2 Å². The van der Waals surface area contributed by atoms with Gasteiger partial charge in [-0.15, -0.1) is 11.6 Å². The minimum atomic E-state index is 0.374. The van der Waals surface area contributed by atoms with Crippen LogP contribution in [0.25, 0.3) is 0 Å². The fourth-order valence-corrected chi connectivity index (χ4v) is 1.52. The van der Waals surface area contributed by atoms with Crippen molar-refractivity contribution in [3.63, 3.8) is 0 Å². The van der Waals surface area contributed by atoms with Crippen LogP contribution in [-0.2, 0) is 5.88 Å². The lowest BCUT2D eigenvalue weighted by Gasteiger charge is -2.08. The highest BCUT2D eigenvalue weighted by molar-refractivity contribution is 6.32. The fraction of sp³-hybridized carbons (Fsp3) is 0.375. The highest BCUT2D eigenvalue weighted by Crippen LogP contribution is 2.29. The molecule has 0 saturated carbocycles. The molecule has 0 fully saturated rings. The normalized spacial score (nSPS) is 10.0. The molecule has 4 heteroatoms. The average molecular weight is 206 g/mol. The lowest BCUT2D eigenvalue weighted by atomic mass is 10.2. The molecule has 1 aromatic heterocycles. The van der Waals surface area contributed by atoms with Crippen LogP contribution in [0, 0.1) is 6.92 Å². The SMILES string of the molecule is COc1c(Cl)cnc(CCl)c1C. The van der Waals surface area contributed by atoms with E-state index < -0.39 is 0 Å². The van der Waals surface area contributed by atoms with Crippen LogP contribution in [0.15, 0.2) is 6.20 Å². The Morgan fingerprint density at radius 1 is 1.58 bits per heavy atom. The Morgan fingerprint density at radius 2 is 2.25 bits per heavy atom. The number of halogens is 2. The molecule has 66 valence electrons. The molecule has 12 heavy (non-hydrogen) atoms. The maximum atomic E-state index is 5.83. The highest BCUT2D eigenvalue weighted by Gasteiger charge is 2.08. The molecule has 1 heterocycles. The zero-order chi connectivity index (χ0) is 9.14. The predicted molar refractivity (Wildman–Crippen MR) is 50.1 cm³/mol. The third kappa shape index (κ3) is 1.65. The molecule has 0 aliphatic rings. The fourth-order valence-electron chi connectivity index (χ4n) is 0.986. The van der Waals surface area contributed by atoms with Crippen LogP contribution in [0.2, 0.25) is 5.02 Å². The molecule has 0 aromatic carbocycles. The van der Waals surface area contributed by atoms with Crippen LogP contribution in [0.5, 0.6) is 5.75 Å². The smallest absolute Gasteiger partial charge is 0.143 e. The molecule has 2 nitrogen and oxygen atoms in total. The van der Waals surface area contributed by atoms with E-state index in [1.807, 2.05) is 6.92 Å². The summed E-state index contributed by atoms with van der Waals surface area (Å²) < 4.78 is 5.09. The summed E-state index contributed by atoms with van der Waals surface area (Å²) in [5, 5.41) is 0.517. The zero-order valence-electron chi connectivity index (χ0n) is 6.90. The topological polar surface area (TPSA) is 22.1 Å². The van der Waals surface area contributed by atoms with E-state index >= 15 is 0 Å². The van der Waals surface area contributed by atoms with Crippen molar-refractivity contribution < 1.29 is 4.74 Å². The molecule has 0 radical (unpaired) electrons. The van der Waals surface area contributed by atoms with Crippen LogP contribution in [-0.4, -0.2) is 12.1 Å². The van der Waals surface area contributed by atoms with Crippen molar-refractivity contribution in [2.75, 3.05) is 7.11 Å². The van der Waals surface area contributed by atoms with E-state index in [9.17, 15) is 0 Å². The molecule has 0 bridgehead atoms. The van der Waals surface area contributed by atoms with Crippen LogP contribution in [0.4, 0.5) is 0 Å². The second-order valence-electron chi connectivity index (χ2n) is 2.34.